The minimum Gasteiger partial charge on any atom is -0.497 e. The smallest absolute Gasteiger partial charge is 0.233 e. The van der Waals surface area contributed by atoms with Gasteiger partial charge < -0.3 is 29.7 Å². The number of carbonyl (C=O) groups excluding carboxylic acids is 1. The number of rotatable bonds is 9. The fourth-order valence-electron chi connectivity index (χ4n) is 3.40. The van der Waals surface area contributed by atoms with E-state index in [-0.39, 0.29) is 18.5 Å². The summed E-state index contributed by atoms with van der Waals surface area (Å²) in [5.74, 6) is 9.43. The van der Waals surface area contributed by atoms with Gasteiger partial charge in [-0.15, -0.1) is 10.2 Å². The zero-order valence-electron chi connectivity index (χ0n) is 18.6. The second-order valence-corrected chi connectivity index (χ2v) is 8.07. The number of nitrogens with two attached hydrogens (primary N) is 1. The molecule has 0 aliphatic carbocycles. The molecule has 4 rings (SSSR count). The Morgan fingerprint density at radius 3 is 2.73 bits per heavy atom. The number of hydrogen-bond donors (Lipinski definition) is 1. The van der Waals surface area contributed by atoms with Crippen LogP contribution in [0.5, 0.6) is 23.0 Å². The molecule has 0 saturated carbocycles. The molecule has 2 N–H and O–H groups in total. The van der Waals surface area contributed by atoms with Crippen molar-refractivity contribution in [3.63, 3.8) is 0 Å². The van der Waals surface area contributed by atoms with Crippen LogP contribution >= 0.6 is 11.8 Å². The number of methoxy groups -OCH3 is 2. The van der Waals surface area contributed by atoms with Gasteiger partial charge in [-0.1, -0.05) is 17.8 Å². The van der Waals surface area contributed by atoms with Crippen LogP contribution in [0.15, 0.2) is 41.6 Å². The molecule has 0 unspecified atom stereocenters. The van der Waals surface area contributed by atoms with Crippen LogP contribution in [-0.4, -0.2) is 59.0 Å². The number of thioether (sulfide) groups is 1. The van der Waals surface area contributed by atoms with Gasteiger partial charge in [0, 0.05) is 19.2 Å². The predicted molar refractivity (Wildman–Crippen MR) is 123 cm³/mol. The summed E-state index contributed by atoms with van der Waals surface area (Å²) in [4.78, 5) is 14.6. The minimum atomic E-state index is -0.0354. The summed E-state index contributed by atoms with van der Waals surface area (Å²) in [6.45, 7) is 3.19. The second kappa shape index (κ2) is 9.90. The first kappa shape index (κ1) is 22.6. The lowest BCUT2D eigenvalue weighted by molar-refractivity contribution is -0.128. The lowest BCUT2D eigenvalue weighted by Crippen LogP contribution is -2.31. The summed E-state index contributed by atoms with van der Waals surface area (Å²) in [7, 11) is 3.14. The number of nitrogen functional groups attached to an aromatic ring is 1. The van der Waals surface area contributed by atoms with E-state index in [4.69, 9.17) is 24.8 Å². The van der Waals surface area contributed by atoms with E-state index < -0.39 is 0 Å². The first-order chi connectivity index (χ1) is 16.0. The van der Waals surface area contributed by atoms with Gasteiger partial charge in [0.25, 0.3) is 0 Å². The number of amides is 1. The largest absolute Gasteiger partial charge is 0.497 e. The molecular formula is C22H25N5O5S. The Bertz CT molecular complexity index is 1150. The van der Waals surface area contributed by atoms with Crippen molar-refractivity contribution in [2.75, 3.05) is 39.2 Å². The van der Waals surface area contributed by atoms with Gasteiger partial charge in [-0.05, 0) is 36.8 Å². The Hall–Kier alpha value is -3.60. The molecule has 0 radical (unpaired) electrons. The molecule has 3 aromatic rings. The summed E-state index contributed by atoms with van der Waals surface area (Å²) in [5, 5.41) is 8.77. The third-order valence-electron chi connectivity index (χ3n) is 5.18. The Balaban J connectivity index is 1.42. The molecule has 0 bridgehead atoms. The van der Waals surface area contributed by atoms with Crippen molar-refractivity contribution in [1.82, 2.24) is 19.8 Å². The van der Waals surface area contributed by atoms with E-state index >= 15 is 0 Å². The highest BCUT2D eigenvalue weighted by molar-refractivity contribution is 7.99. The molecule has 1 aromatic heterocycles. The van der Waals surface area contributed by atoms with E-state index in [0.29, 0.717) is 46.9 Å². The molecular weight excluding hydrogens is 446 g/mol. The van der Waals surface area contributed by atoms with Crippen LogP contribution in [0.1, 0.15) is 12.5 Å². The molecule has 0 fully saturated rings. The van der Waals surface area contributed by atoms with Crippen molar-refractivity contribution in [3.05, 3.63) is 42.0 Å². The molecule has 11 heteroatoms. The van der Waals surface area contributed by atoms with Gasteiger partial charge in [-0.3, -0.25) is 4.79 Å². The van der Waals surface area contributed by atoms with Crippen LogP contribution in [0.25, 0.3) is 11.4 Å². The van der Waals surface area contributed by atoms with Crippen LogP contribution in [0.2, 0.25) is 0 Å². The SMILES string of the molecule is CCN(Cc1ccc2c(c1)OCO2)C(=O)CSc1nnc(-c2ccc(OC)cc2OC)n1N. The Labute approximate surface area is 195 Å². The van der Waals surface area contributed by atoms with Crippen molar-refractivity contribution in [2.45, 2.75) is 18.6 Å². The van der Waals surface area contributed by atoms with Crippen molar-refractivity contribution >= 4 is 17.7 Å². The summed E-state index contributed by atoms with van der Waals surface area (Å²) in [6.07, 6.45) is 0. The molecule has 174 valence electrons. The maximum Gasteiger partial charge on any atom is 0.233 e. The highest BCUT2D eigenvalue weighted by Gasteiger charge is 2.20. The Kier molecular flexibility index (Phi) is 6.78. The molecule has 0 saturated heterocycles. The van der Waals surface area contributed by atoms with Gasteiger partial charge in [0.05, 0.1) is 25.5 Å². The topological polar surface area (TPSA) is 114 Å². The van der Waals surface area contributed by atoms with E-state index in [1.165, 1.54) is 16.4 Å². The number of hydrogen-bond acceptors (Lipinski definition) is 9. The molecule has 0 atom stereocenters. The fraction of sp³-hybridized carbons (Fsp3) is 0.318. The zero-order valence-corrected chi connectivity index (χ0v) is 19.4. The van der Waals surface area contributed by atoms with Crippen LogP contribution in [0, 0.1) is 0 Å². The molecule has 1 amide bonds. The fourth-order valence-corrected chi connectivity index (χ4v) is 4.16. The molecule has 1 aliphatic heterocycles. The number of nitrogens with zero attached hydrogens (tertiary/aromatic N) is 4. The summed E-state index contributed by atoms with van der Waals surface area (Å²) < 4.78 is 22.8. The predicted octanol–water partition coefficient (Wildman–Crippen LogP) is 2.55. The summed E-state index contributed by atoms with van der Waals surface area (Å²) in [5.41, 5.74) is 1.64. The number of fused-ring (bicyclic) bond motifs is 1. The van der Waals surface area contributed by atoms with Crippen molar-refractivity contribution in [2.24, 2.45) is 0 Å². The van der Waals surface area contributed by atoms with E-state index in [2.05, 4.69) is 10.2 Å². The third kappa shape index (κ3) is 4.77. The van der Waals surface area contributed by atoms with Crippen molar-refractivity contribution < 1.29 is 23.7 Å². The van der Waals surface area contributed by atoms with E-state index in [1.54, 1.807) is 37.3 Å². The number of benzene rings is 2. The molecule has 10 nitrogen and oxygen atoms in total. The monoisotopic (exact) mass is 471 g/mol. The lowest BCUT2D eigenvalue weighted by atomic mass is 10.2. The average molecular weight is 472 g/mol. The highest BCUT2D eigenvalue weighted by atomic mass is 32.2. The average Bonchev–Trinajstić information content (AvgIpc) is 3.46. The lowest BCUT2D eigenvalue weighted by Gasteiger charge is -2.21. The first-order valence-corrected chi connectivity index (χ1v) is 11.2. The van der Waals surface area contributed by atoms with Gasteiger partial charge in [-0.2, -0.15) is 0 Å². The van der Waals surface area contributed by atoms with E-state index in [1.807, 2.05) is 25.1 Å². The third-order valence-corrected chi connectivity index (χ3v) is 6.11. The number of carbonyl (C=O) groups is 1. The Morgan fingerprint density at radius 1 is 1.15 bits per heavy atom. The normalized spacial score (nSPS) is 12.0. The first-order valence-electron chi connectivity index (χ1n) is 10.3. The highest BCUT2D eigenvalue weighted by Crippen LogP contribution is 2.34. The van der Waals surface area contributed by atoms with Crippen molar-refractivity contribution in [1.29, 1.82) is 0 Å². The van der Waals surface area contributed by atoms with E-state index in [9.17, 15) is 4.79 Å². The van der Waals surface area contributed by atoms with Crippen LogP contribution in [0.3, 0.4) is 0 Å². The molecule has 33 heavy (non-hydrogen) atoms. The Morgan fingerprint density at radius 2 is 1.97 bits per heavy atom. The summed E-state index contributed by atoms with van der Waals surface area (Å²) >= 11 is 1.23. The maximum absolute atomic E-state index is 12.9. The van der Waals surface area contributed by atoms with Gasteiger partial charge in [0.1, 0.15) is 11.5 Å². The molecule has 1 aliphatic rings. The van der Waals surface area contributed by atoms with Crippen LogP contribution < -0.4 is 24.8 Å². The van der Waals surface area contributed by atoms with Gasteiger partial charge >= 0.3 is 0 Å². The minimum absolute atomic E-state index is 0.0354. The van der Waals surface area contributed by atoms with Crippen molar-refractivity contribution in [3.8, 4) is 34.4 Å². The summed E-state index contributed by atoms with van der Waals surface area (Å²) in [6, 6.07) is 11.0. The number of ether oxygens (including phenoxy) is 4. The van der Waals surface area contributed by atoms with Crippen LogP contribution in [-0.2, 0) is 11.3 Å². The molecule has 2 aromatic carbocycles. The standard InChI is InChI=1S/C22H25N5O5S/c1-4-26(11-14-5-8-17-19(9-14)32-13-31-17)20(28)12-33-22-25-24-21(27(22)23)16-7-6-15(29-2)10-18(16)30-3/h5-10H,4,11-13,23H2,1-3H3. The number of aromatic nitrogens is 3. The zero-order chi connectivity index (χ0) is 23.4. The van der Waals surface area contributed by atoms with Gasteiger partial charge in [-0.25, -0.2) is 4.68 Å². The van der Waals surface area contributed by atoms with Crippen LogP contribution in [0.4, 0.5) is 0 Å². The van der Waals surface area contributed by atoms with E-state index in [0.717, 1.165) is 11.3 Å². The maximum atomic E-state index is 12.9. The molecule has 0 spiro atoms. The second-order valence-electron chi connectivity index (χ2n) is 7.13. The van der Waals surface area contributed by atoms with Gasteiger partial charge in [0.15, 0.2) is 17.3 Å². The van der Waals surface area contributed by atoms with Gasteiger partial charge in [0.2, 0.25) is 17.9 Å². The quantitative estimate of drug-likeness (QED) is 0.371. The molecule has 2 heterocycles.